The Morgan fingerprint density at radius 1 is 0.615 bits per heavy atom. The number of hydrogen-bond acceptors (Lipinski definition) is 4. The zero-order valence-corrected chi connectivity index (χ0v) is 21.8. The summed E-state index contributed by atoms with van der Waals surface area (Å²) in [5, 5.41) is 21.1. The van der Waals surface area contributed by atoms with Gasteiger partial charge in [0.05, 0.1) is 16.8 Å². The number of rotatable bonds is 2. The Kier molecular flexibility index (Phi) is 5.59. The Morgan fingerprint density at radius 2 is 1.18 bits per heavy atom. The van der Waals surface area contributed by atoms with Crippen molar-refractivity contribution in [1.29, 1.82) is 0 Å². The van der Waals surface area contributed by atoms with Gasteiger partial charge in [-0.25, -0.2) is 0 Å². The highest BCUT2D eigenvalue weighted by molar-refractivity contribution is 5.90. The van der Waals surface area contributed by atoms with Crippen LogP contribution in [0, 0.1) is 25.7 Å². The summed E-state index contributed by atoms with van der Waals surface area (Å²) < 4.78 is 0. The molecule has 0 atom stereocenters. The highest BCUT2D eigenvalue weighted by Crippen LogP contribution is 2.58. The van der Waals surface area contributed by atoms with Gasteiger partial charge in [-0.15, -0.1) is 0 Å². The molecular weight excluding hydrogens is 480 g/mol. The molecule has 5 aromatic carbocycles. The third kappa shape index (κ3) is 3.63. The lowest BCUT2D eigenvalue weighted by atomic mass is 9.67. The molecule has 0 heterocycles. The molecule has 5 aromatic rings. The van der Waals surface area contributed by atoms with E-state index in [-0.39, 0.29) is 11.5 Å². The second kappa shape index (κ2) is 9.01. The molecule has 190 valence electrons. The molecule has 0 fully saturated rings. The second-order valence-electron chi connectivity index (χ2n) is 10.1. The second-order valence-corrected chi connectivity index (χ2v) is 10.1. The molecule has 0 bridgehead atoms. The van der Waals surface area contributed by atoms with E-state index < -0.39 is 5.41 Å². The molecule has 0 amide bonds. The van der Waals surface area contributed by atoms with Gasteiger partial charge >= 0.3 is 0 Å². The van der Waals surface area contributed by atoms with Crippen LogP contribution < -0.4 is 11.5 Å². The standard InChI is InChI=1S/C35H28N2O2/c1-21-17-25(19-30(36)33(21)38)35(26-18-22(2)34(39)31(37)20-26)28-13-7-6-12-27(28)32-24(11-8-14-29(32)35)16-15-23-9-4-3-5-10-23/h3-14,17-20,38-39H,36-37H2,1-2H3. The van der Waals surface area contributed by atoms with E-state index in [1.54, 1.807) is 0 Å². The van der Waals surface area contributed by atoms with Gasteiger partial charge in [0.15, 0.2) is 0 Å². The van der Waals surface area contributed by atoms with Gasteiger partial charge < -0.3 is 21.7 Å². The number of phenolic OH excluding ortho intramolecular Hbond substituents is 2. The van der Waals surface area contributed by atoms with Gasteiger partial charge in [0.25, 0.3) is 0 Å². The van der Waals surface area contributed by atoms with Gasteiger partial charge in [-0.3, -0.25) is 0 Å². The van der Waals surface area contributed by atoms with Gasteiger partial charge in [0.2, 0.25) is 0 Å². The Bertz CT molecular complexity index is 1720. The molecule has 4 nitrogen and oxygen atoms in total. The first-order valence-electron chi connectivity index (χ1n) is 12.8. The smallest absolute Gasteiger partial charge is 0.141 e. The van der Waals surface area contributed by atoms with Gasteiger partial charge in [0.1, 0.15) is 11.5 Å². The predicted molar refractivity (Wildman–Crippen MR) is 158 cm³/mol. The Labute approximate surface area is 228 Å². The zero-order valence-electron chi connectivity index (χ0n) is 21.8. The molecule has 0 spiro atoms. The van der Waals surface area contributed by atoms with Crippen LogP contribution >= 0.6 is 0 Å². The van der Waals surface area contributed by atoms with E-state index in [4.69, 9.17) is 11.5 Å². The summed E-state index contributed by atoms with van der Waals surface area (Å²) in [4.78, 5) is 0. The molecule has 0 unspecified atom stereocenters. The summed E-state index contributed by atoms with van der Waals surface area (Å²) in [5.41, 5.74) is 21.7. The maximum absolute atomic E-state index is 10.6. The Balaban J connectivity index is 1.75. The van der Waals surface area contributed by atoms with Crippen molar-refractivity contribution in [3.63, 3.8) is 0 Å². The fourth-order valence-electron chi connectivity index (χ4n) is 5.93. The van der Waals surface area contributed by atoms with Crippen molar-refractivity contribution in [2.75, 3.05) is 11.5 Å². The average molecular weight is 509 g/mol. The molecule has 1 aliphatic carbocycles. The molecule has 0 saturated carbocycles. The van der Waals surface area contributed by atoms with Crippen LogP contribution in [-0.4, -0.2) is 10.2 Å². The number of phenols is 2. The molecule has 0 saturated heterocycles. The SMILES string of the molecule is Cc1cc(C2(c3cc(C)c(O)c(N)c3)c3ccccc3-c3c(C#Cc4ccccc4)cccc32)cc(N)c1O. The monoisotopic (exact) mass is 508 g/mol. The molecule has 6 N–H and O–H groups in total. The lowest BCUT2D eigenvalue weighted by Gasteiger charge is -2.35. The summed E-state index contributed by atoms with van der Waals surface area (Å²) in [7, 11) is 0. The van der Waals surface area contributed by atoms with Gasteiger partial charge in [-0.1, -0.05) is 78.6 Å². The lowest BCUT2D eigenvalue weighted by Crippen LogP contribution is -2.29. The first-order chi connectivity index (χ1) is 18.8. The largest absolute Gasteiger partial charge is 0.506 e. The molecule has 6 rings (SSSR count). The van der Waals surface area contributed by atoms with E-state index in [2.05, 4.69) is 36.1 Å². The minimum absolute atomic E-state index is 0.0734. The van der Waals surface area contributed by atoms with Crippen LogP contribution in [0.25, 0.3) is 11.1 Å². The van der Waals surface area contributed by atoms with Crippen molar-refractivity contribution >= 4 is 11.4 Å². The zero-order chi connectivity index (χ0) is 27.3. The van der Waals surface area contributed by atoms with Crippen LogP contribution in [-0.2, 0) is 5.41 Å². The van der Waals surface area contributed by atoms with E-state index in [9.17, 15) is 10.2 Å². The number of hydrogen-bond donors (Lipinski definition) is 4. The topological polar surface area (TPSA) is 92.5 Å². The van der Waals surface area contributed by atoms with Crippen LogP contribution in [0.5, 0.6) is 11.5 Å². The van der Waals surface area contributed by atoms with Crippen molar-refractivity contribution in [3.8, 4) is 34.5 Å². The number of benzene rings is 5. The molecule has 4 heteroatoms. The summed E-state index contributed by atoms with van der Waals surface area (Å²) in [5.74, 6) is 6.90. The number of anilines is 2. The first-order valence-corrected chi connectivity index (χ1v) is 12.8. The van der Waals surface area contributed by atoms with Crippen LogP contribution in [0.15, 0.2) is 97.1 Å². The molecule has 0 radical (unpaired) electrons. The third-order valence-corrected chi connectivity index (χ3v) is 7.71. The van der Waals surface area contributed by atoms with Gasteiger partial charge in [-0.2, -0.15) is 0 Å². The fraction of sp³-hybridized carbons (Fsp3) is 0.0857. The van der Waals surface area contributed by atoms with Crippen LogP contribution in [0.2, 0.25) is 0 Å². The lowest BCUT2D eigenvalue weighted by molar-refractivity contribution is 0.473. The first kappa shape index (κ1) is 24.2. The Morgan fingerprint density at radius 3 is 1.79 bits per heavy atom. The average Bonchev–Trinajstić information content (AvgIpc) is 3.25. The van der Waals surface area contributed by atoms with E-state index >= 15 is 0 Å². The van der Waals surface area contributed by atoms with E-state index in [0.717, 1.165) is 44.5 Å². The molecule has 0 aromatic heterocycles. The fourth-order valence-corrected chi connectivity index (χ4v) is 5.93. The number of aryl methyl sites for hydroxylation is 2. The summed E-state index contributed by atoms with van der Waals surface area (Å²) in [6.07, 6.45) is 0. The highest BCUT2D eigenvalue weighted by atomic mass is 16.3. The van der Waals surface area contributed by atoms with Crippen LogP contribution in [0.3, 0.4) is 0 Å². The maximum atomic E-state index is 10.6. The van der Waals surface area contributed by atoms with Crippen molar-refractivity contribution in [2.24, 2.45) is 0 Å². The van der Waals surface area contributed by atoms with Crippen LogP contribution in [0.1, 0.15) is 44.5 Å². The third-order valence-electron chi connectivity index (χ3n) is 7.71. The van der Waals surface area contributed by atoms with Crippen molar-refractivity contribution in [2.45, 2.75) is 19.3 Å². The van der Waals surface area contributed by atoms with Crippen LogP contribution in [0.4, 0.5) is 11.4 Å². The van der Waals surface area contributed by atoms with Crippen molar-refractivity contribution in [1.82, 2.24) is 0 Å². The van der Waals surface area contributed by atoms with E-state index in [1.807, 2.05) is 86.6 Å². The van der Waals surface area contributed by atoms with Crippen molar-refractivity contribution < 1.29 is 10.2 Å². The van der Waals surface area contributed by atoms with E-state index in [1.165, 1.54) is 0 Å². The number of nitrogen functional groups attached to an aromatic ring is 2. The predicted octanol–water partition coefficient (Wildman–Crippen LogP) is 6.64. The molecule has 39 heavy (non-hydrogen) atoms. The summed E-state index contributed by atoms with van der Waals surface area (Å²) >= 11 is 0. The molecule has 1 aliphatic rings. The van der Waals surface area contributed by atoms with Gasteiger partial charge in [0, 0.05) is 16.7 Å². The highest BCUT2D eigenvalue weighted by Gasteiger charge is 2.47. The number of fused-ring (bicyclic) bond motifs is 3. The molecule has 0 aliphatic heterocycles. The maximum Gasteiger partial charge on any atom is 0.141 e. The van der Waals surface area contributed by atoms with Crippen molar-refractivity contribution in [3.05, 3.63) is 142 Å². The number of nitrogens with two attached hydrogens (primary N) is 2. The summed E-state index contributed by atoms with van der Waals surface area (Å²) in [6, 6.07) is 32.1. The minimum Gasteiger partial charge on any atom is -0.506 e. The quantitative estimate of drug-likeness (QED) is 0.120. The normalized spacial score (nSPS) is 12.8. The van der Waals surface area contributed by atoms with E-state index in [0.29, 0.717) is 22.5 Å². The number of aromatic hydroxyl groups is 2. The Hall–Kier alpha value is -5.14. The van der Waals surface area contributed by atoms with Gasteiger partial charge in [-0.05, 0) is 83.1 Å². The minimum atomic E-state index is -0.810. The summed E-state index contributed by atoms with van der Waals surface area (Å²) in [6.45, 7) is 3.70. The molecular formula is C35H28N2O2.